The standard InChI is InChI=1S/C9H9BrN2OS2/c1-12(9-11-8(13)5-15-9)3-6-2-7(10)14-4-6/h2,4-5,13H,3H2,1H3. The van der Waals surface area contributed by atoms with E-state index in [2.05, 4.69) is 32.4 Å². The normalized spacial score (nSPS) is 10.5. The number of rotatable bonds is 3. The van der Waals surface area contributed by atoms with E-state index in [9.17, 15) is 0 Å². The maximum absolute atomic E-state index is 9.14. The van der Waals surface area contributed by atoms with Crippen molar-refractivity contribution in [2.75, 3.05) is 11.9 Å². The molecule has 15 heavy (non-hydrogen) atoms. The van der Waals surface area contributed by atoms with Crippen molar-refractivity contribution < 1.29 is 5.11 Å². The Balaban J connectivity index is 2.06. The molecule has 1 N–H and O–H groups in total. The third-order valence-electron chi connectivity index (χ3n) is 1.85. The van der Waals surface area contributed by atoms with Crippen molar-refractivity contribution in [3.8, 4) is 5.88 Å². The van der Waals surface area contributed by atoms with Crippen molar-refractivity contribution in [2.45, 2.75) is 6.54 Å². The summed E-state index contributed by atoms with van der Waals surface area (Å²) < 4.78 is 1.13. The molecule has 80 valence electrons. The van der Waals surface area contributed by atoms with Crippen molar-refractivity contribution >= 4 is 43.7 Å². The van der Waals surface area contributed by atoms with E-state index in [1.807, 2.05) is 11.9 Å². The Bertz CT molecular complexity index is 454. The van der Waals surface area contributed by atoms with Crippen LogP contribution >= 0.6 is 38.6 Å². The summed E-state index contributed by atoms with van der Waals surface area (Å²) in [5.74, 6) is 0.0911. The summed E-state index contributed by atoms with van der Waals surface area (Å²) in [6.07, 6.45) is 0. The Morgan fingerprint density at radius 2 is 2.27 bits per heavy atom. The molecule has 0 bridgehead atoms. The molecule has 3 nitrogen and oxygen atoms in total. The molecule has 2 heterocycles. The topological polar surface area (TPSA) is 36.4 Å². The Morgan fingerprint density at radius 1 is 1.47 bits per heavy atom. The van der Waals surface area contributed by atoms with E-state index in [0.29, 0.717) is 0 Å². The van der Waals surface area contributed by atoms with E-state index in [-0.39, 0.29) is 5.88 Å². The minimum absolute atomic E-state index is 0.0911. The lowest BCUT2D eigenvalue weighted by molar-refractivity contribution is 0.457. The number of thiazole rings is 1. The second-order valence-electron chi connectivity index (χ2n) is 3.10. The van der Waals surface area contributed by atoms with Crippen molar-refractivity contribution in [1.82, 2.24) is 4.98 Å². The molecule has 0 aliphatic carbocycles. The van der Waals surface area contributed by atoms with Crippen LogP contribution in [0, 0.1) is 0 Å². The van der Waals surface area contributed by atoms with Gasteiger partial charge in [0.2, 0.25) is 5.88 Å². The highest BCUT2D eigenvalue weighted by molar-refractivity contribution is 9.11. The molecule has 0 atom stereocenters. The zero-order chi connectivity index (χ0) is 10.8. The monoisotopic (exact) mass is 304 g/mol. The summed E-state index contributed by atoms with van der Waals surface area (Å²) in [7, 11) is 1.96. The summed E-state index contributed by atoms with van der Waals surface area (Å²) in [6.45, 7) is 0.801. The zero-order valence-electron chi connectivity index (χ0n) is 7.98. The molecule has 0 amide bonds. The van der Waals surface area contributed by atoms with Gasteiger partial charge in [-0.05, 0) is 32.9 Å². The minimum atomic E-state index is 0.0911. The highest BCUT2D eigenvalue weighted by atomic mass is 79.9. The molecule has 0 aliphatic rings. The number of nitrogens with zero attached hydrogens (tertiary/aromatic N) is 2. The van der Waals surface area contributed by atoms with Crippen LogP contribution in [0.4, 0.5) is 5.13 Å². The number of hydrogen-bond acceptors (Lipinski definition) is 5. The molecule has 0 radical (unpaired) electrons. The fourth-order valence-corrected chi connectivity index (χ4v) is 3.06. The average molecular weight is 305 g/mol. The maximum atomic E-state index is 9.14. The van der Waals surface area contributed by atoms with Crippen LogP contribution in [0.25, 0.3) is 0 Å². The fourth-order valence-electron chi connectivity index (χ4n) is 1.20. The first-order chi connectivity index (χ1) is 7.15. The van der Waals surface area contributed by atoms with Crippen LogP contribution < -0.4 is 4.90 Å². The third kappa shape index (κ3) is 2.70. The van der Waals surface area contributed by atoms with Gasteiger partial charge in [0, 0.05) is 13.6 Å². The van der Waals surface area contributed by atoms with Gasteiger partial charge in [0.15, 0.2) is 5.13 Å². The Hall–Kier alpha value is -0.590. The summed E-state index contributed by atoms with van der Waals surface area (Å²) in [5, 5.41) is 13.7. The maximum Gasteiger partial charge on any atom is 0.223 e. The van der Waals surface area contributed by atoms with Crippen molar-refractivity contribution in [3.05, 3.63) is 26.2 Å². The molecular formula is C9H9BrN2OS2. The predicted molar refractivity (Wildman–Crippen MR) is 67.9 cm³/mol. The van der Waals surface area contributed by atoms with Gasteiger partial charge >= 0.3 is 0 Å². The molecule has 0 saturated carbocycles. The first-order valence-corrected chi connectivity index (χ1v) is 6.79. The molecule has 6 heteroatoms. The van der Waals surface area contributed by atoms with E-state index in [1.165, 1.54) is 16.9 Å². The molecule has 2 aromatic heterocycles. The largest absolute Gasteiger partial charge is 0.493 e. The molecule has 0 saturated heterocycles. The third-order valence-corrected chi connectivity index (χ3v) is 4.34. The lowest BCUT2D eigenvalue weighted by Gasteiger charge is -2.13. The highest BCUT2D eigenvalue weighted by Crippen LogP contribution is 2.26. The number of halogens is 1. The van der Waals surface area contributed by atoms with Crippen LogP contribution in [0.2, 0.25) is 0 Å². The summed E-state index contributed by atoms with van der Waals surface area (Å²) in [4.78, 5) is 6.02. The number of thiophene rings is 1. The highest BCUT2D eigenvalue weighted by Gasteiger charge is 2.07. The van der Waals surface area contributed by atoms with E-state index >= 15 is 0 Å². The Morgan fingerprint density at radius 3 is 2.80 bits per heavy atom. The SMILES string of the molecule is CN(Cc1csc(Br)c1)c1nc(O)cs1. The van der Waals surface area contributed by atoms with Crippen LogP contribution in [0.1, 0.15) is 5.56 Å². The Kier molecular flexibility index (Phi) is 3.28. The average Bonchev–Trinajstić information content (AvgIpc) is 2.75. The van der Waals surface area contributed by atoms with E-state index in [1.54, 1.807) is 16.7 Å². The molecule has 0 spiro atoms. The summed E-state index contributed by atoms with van der Waals surface area (Å²) in [5.41, 5.74) is 1.24. The van der Waals surface area contributed by atoms with Crippen molar-refractivity contribution in [2.24, 2.45) is 0 Å². The first-order valence-electron chi connectivity index (χ1n) is 4.23. The van der Waals surface area contributed by atoms with Crippen molar-refractivity contribution in [1.29, 1.82) is 0 Å². The van der Waals surface area contributed by atoms with Gasteiger partial charge in [0.05, 0.1) is 9.17 Å². The molecule has 0 aromatic carbocycles. The number of hydrogen-bond donors (Lipinski definition) is 1. The molecular weight excluding hydrogens is 296 g/mol. The second-order valence-corrected chi connectivity index (χ2v) is 6.23. The van der Waals surface area contributed by atoms with Crippen LogP contribution in [0.3, 0.4) is 0 Å². The van der Waals surface area contributed by atoms with Crippen LogP contribution in [0.5, 0.6) is 5.88 Å². The lowest BCUT2D eigenvalue weighted by atomic mass is 10.3. The van der Waals surface area contributed by atoms with E-state index in [0.717, 1.165) is 15.5 Å². The zero-order valence-corrected chi connectivity index (χ0v) is 11.2. The van der Waals surface area contributed by atoms with Crippen LogP contribution in [-0.4, -0.2) is 17.1 Å². The van der Waals surface area contributed by atoms with Gasteiger partial charge in [-0.1, -0.05) is 0 Å². The molecule has 0 fully saturated rings. The van der Waals surface area contributed by atoms with E-state index < -0.39 is 0 Å². The smallest absolute Gasteiger partial charge is 0.223 e. The van der Waals surface area contributed by atoms with Gasteiger partial charge in [-0.25, -0.2) is 0 Å². The quantitative estimate of drug-likeness (QED) is 0.945. The summed E-state index contributed by atoms with van der Waals surface area (Å²) in [6, 6.07) is 2.09. The lowest BCUT2D eigenvalue weighted by Crippen LogP contribution is -2.15. The molecule has 0 unspecified atom stereocenters. The summed E-state index contributed by atoms with van der Waals surface area (Å²) >= 11 is 6.54. The van der Waals surface area contributed by atoms with Crippen LogP contribution in [-0.2, 0) is 6.54 Å². The van der Waals surface area contributed by atoms with Gasteiger partial charge in [-0.15, -0.1) is 22.7 Å². The molecule has 0 aliphatic heterocycles. The van der Waals surface area contributed by atoms with Gasteiger partial charge in [-0.2, -0.15) is 4.98 Å². The van der Waals surface area contributed by atoms with E-state index in [4.69, 9.17) is 5.11 Å². The minimum Gasteiger partial charge on any atom is -0.493 e. The first kappa shape index (κ1) is 10.9. The fraction of sp³-hybridized carbons (Fsp3) is 0.222. The molecule has 2 aromatic rings. The number of aromatic hydroxyl groups is 1. The van der Waals surface area contributed by atoms with Crippen molar-refractivity contribution in [3.63, 3.8) is 0 Å². The number of aromatic nitrogens is 1. The van der Waals surface area contributed by atoms with Gasteiger partial charge < -0.3 is 10.0 Å². The Labute approximate surface area is 104 Å². The number of anilines is 1. The van der Waals surface area contributed by atoms with Gasteiger partial charge in [0.1, 0.15) is 0 Å². The second kappa shape index (κ2) is 4.51. The van der Waals surface area contributed by atoms with Gasteiger partial charge in [0.25, 0.3) is 0 Å². The van der Waals surface area contributed by atoms with Gasteiger partial charge in [-0.3, -0.25) is 0 Å². The predicted octanol–water partition coefficient (Wildman–Crippen LogP) is 3.31. The van der Waals surface area contributed by atoms with Crippen LogP contribution in [0.15, 0.2) is 20.6 Å². The molecule has 2 rings (SSSR count).